The van der Waals surface area contributed by atoms with Gasteiger partial charge in [-0.2, -0.15) is 10.1 Å². The second kappa shape index (κ2) is 41.0. The first kappa shape index (κ1) is 82.3. The second-order valence-corrected chi connectivity index (χ2v) is 20.3. The van der Waals surface area contributed by atoms with Crippen molar-refractivity contribution in [3.05, 3.63) is 125 Å². The monoisotopic (exact) mass is 1380 g/mol. The highest BCUT2D eigenvalue weighted by molar-refractivity contribution is 6.49. The van der Waals surface area contributed by atoms with Crippen molar-refractivity contribution in [2.75, 3.05) is 69.8 Å². The van der Waals surface area contributed by atoms with E-state index >= 15 is 0 Å². The van der Waals surface area contributed by atoms with Crippen LogP contribution in [0.1, 0.15) is 91.6 Å². The quantitative estimate of drug-likeness (QED) is 0.0577. The molecular weight excluding hydrogens is 1310 g/mol. The first-order valence-corrected chi connectivity index (χ1v) is 28.5. The molecule has 4 fully saturated rings. The minimum absolute atomic E-state index is 0. The van der Waals surface area contributed by atoms with E-state index in [0.717, 1.165) is 20.9 Å². The largest absolute Gasteiger partial charge is 0.497 e. The molecule has 0 aliphatic carbocycles. The molecule has 4 aromatic carbocycles. The number of amides is 10. The molecule has 2 atom stereocenters. The van der Waals surface area contributed by atoms with E-state index in [1.807, 2.05) is 24.3 Å². The first-order chi connectivity index (χ1) is 43.5. The molecule has 0 aromatic heterocycles. The van der Waals surface area contributed by atoms with Gasteiger partial charge in [0.2, 0.25) is 0 Å². The summed E-state index contributed by atoms with van der Waals surface area (Å²) in [6, 6.07) is 20.8. The molecule has 0 bridgehead atoms. The number of nitro groups is 1. The zero-order chi connectivity index (χ0) is 69.7. The number of nitrogens with one attached hydrogen (secondary N) is 2. The number of hydrogen-bond acceptors (Lipinski definition) is 24. The highest BCUT2D eigenvalue weighted by Crippen LogP contribution is 2.45. The van der Waals surface area contributed by atoms with Crippen LogP contribution in [0.15, 0.2) is 72.8 Å². The number of nitrogens with zero attached hydrogens (tertiary/aromatic N) is 6. The van der Waals surface area contributed by atoms with Gasteiger partial charge in [0.1, 0.15) is 15.8 Å². The van der Waals surface area contributed by atoms with Crippen molar-refractivity contribution in [2.45, 2.75) is 73.6 Å². The molecule has 0 saturated carbocycles. The Hall–Kier alpha value is -8.72. The van der Waals surface area contributed by atoms with E-state index in [-0.39, 0.29) is 110 Å². The summed E-state index contributed by atoms with van der Waals surface area (Å²) >= 11 is 23.5. The fraction of sp³-hybridized carbons (Fsp3) is 0.390. The summed E-state index contributed by atoms with van der Waals surface area (Å²) in [5.41, 5.74) is 2.70. The number of ether oxygens (including phenoxy) is 3. The summed E-state index contributed by atoms with van der Waals surface area (Å²) in [5, 5.41) is 20.2. The van der Waals surface area contributed by atoms with Crippen molar-refractivity contribution >= 4 is 123 Å². The number of hydrogen-bond donors (Lipinski definition) is 2. The van der Waals surface area contributed by atoms with Crippen LogP contribution >= 0.6 is 46.4 Å². The van der Waals surface area contributed by atoms with Gasteiger partial charge >= 0.3 is 17.6 Å². The molecule has 5 heterocycles. The lowest BCUT2D eigenvalue weighted by atomic mass is 10.1. The predicted octanol–water partition coefficient (Wildman–Crippen LogP) is 7.22. The maximum atomic E-state index is 11.4. The van der Waals surface area contributed by atoms with Crippen molar-refractivity contribution < 1.29 is 101 Å². The van der Waals surface area contributed by atoms with Crippen LogP contribution in [-0.4, -0.2) is 171 Å². The van der Waals surface area contributed by atoms with Gasteiger partial charge in [-0.25, -0.2) is 9.59 Å². The van der Waals surface area contributed by atoms with Gasteiger partial charge in [0, 0.05) is 56.4 Å². The normalized spacial score (nSPS) is 15.8. The number of benzene rings is 4. The van der Waals surface area contributed by atoms with Crippen LogP contribution in [0.5, 0.6) is 17.2 Å². The standard InChI is InChI=1S/C9H7NO3.C8H6Cl4O.C8H12N2O4.C8H10O.C7H10N2O4.C7H7NO3.C6H9NO3.C5H7NO3.CH4/c1-13-10-8(11)6-4-2-3-5-7(6)9(10)12;1-3-4(9)6(11)8(13-2)7(12)5(3)10;1-5-3-6(11)10(8(5)13)14-7(12)4-9-2;1-7-3-5-8(9-2)6-4-7;1-8-4-7(12)13-9-5(10)2-3-6(9)11;1-11-7-5-3-2-4-6(7)8(9)10;1-4-3-5(8)7(10-2)6(4)9;1-9-6-4(7)2-3-5(6)8;/h2-5H,1H3;1-2H3;5,9H,3-4H2,1-2H3;3-6H,1-2H3;8H,2-4H2,1H3;2-5H,1H3;4H,3H2,1-2H3;2-3H2,1H3;1H4. The lowest BCUT2D eigenvalue weighted by molar-refractivity contribution is -0.385. The number of rotatable bonds is 13. The van der Waals surface area contributed by atoms with E-state index < -0.39 is 58.2 Å². The van der Waals surface area contributed by atoms with Gasteiger partial charge in [-0.3, -0.25) is 72.6 Å². The second-order valence-electron chi connectivity index (χ2n) is 18.8. The molecular formula is C59H72Cl4N8O22. The molecule has 508 valence electrons. The molecule has 34 heteroatoms. The average Bonchev–Trinajstić information content (AvgIpc) is 1.79. The zero-order valence-corrected chi connectivity index (χ0v) is 54.9. The third-order valence-corrected chi connectivity index (χ3v) is 14.0. The lowest BCUT2D eigenvalue weighted by Crippen LogP contribution is -2.36. The van der Waals surface area contributed by atoms with E-state index in [9.17, 15) is 67.6 Å². The summed E-state index contributed by atoms with van der Waals surface area (Å²) in [6.07, 6.45) is 1.18. The highest BCUT2D eigenvalue weighted by Gasteiger charge is 2.40. The molecule has 4 aromatic rings. The van der Waals surface area contributed by atoms with Crippen LogP contribution in [0, 0.1) is 35.8 Å². The van der Waals surface area contributed by atoms with E-state index in [1.165, 1.54) is 47.2 Å². The predicted molar refractivity (Wildman–Crippen MR) is 333 cm³/mol. The van der Waals surface area contributed by atoms with Crippen molar-refractivity contribution in [2.24, 2.45) is 11.8 Å². The van der Waals surface area contributed by atoms with Gasteiger partial charge in [-0.1, -0.05) is 110 Å². The molecule has 2 N–H and O–H groups in total. The Balaban J connectivity index is 0.000000533. The Morgan fingerprint density at radius 1 is 0.516 bits per heavy atom. The number of methoxy groups -OCH3 is 3. The number of halogens is 4. The number of fused-ring (bicyclic) bond motifs is 1. The molecule has 5 aliphatic rings. The molecule has 10 amide bonds. The SMILES string of the molecule is C.CNCC(=O)ON1C(=O)CC(C)C1=O.CNCC(=O)ON1C(=O)CCC1=O.CON1C(=O)CC(C)C1=O.CON1C(=O)CCC1=O.CON1C(=O)c2ccccc2C1=O.COc1c(Cl)c(Cl)c(C)c(Cl)c1Cl.COc1ccc(C)cc1.COc1ccccc1[N+](=O)[O-]. The van der Waals surface area contributed by atoms with Crippen LogP contribution in [0.25, 0.3) is 0 Å². The summed E-state index contributed by atoms with van der Waals surface area (Å²) in [4.78, 5) is 164. The van der Waals surface area contributed by atoms with Crippen molar-refractivity contribution in [3.8, 4) is 17.2 Å². The Kier molecular flexibility index (Phi) is 36.3. The van der Waals surface area contributed by atoms with Crippen molar-refractivity contribution in [3.63, 3.8) is 0 Å². The smallest absolute Gasteiger partial charge is 0.346 e. The third kappa shape index (κ3) is 24.0. The van der Waals surface area contributed by atoms with E-state index in [1.54, 1.807) is 84.4 Å². The Morgan fingerprint density at radius 2 is 0.903 bits per heavy atom. The van der Waals surface area contributed by atoms with Crippen molar-refractivity contribution in [1.82, 2.24) is 35.9 Å². The summed E-state index contributed by atoms with van der Waals surface area (Å²) < 4.78 is 14.7. The molecule has 4 saturated heterocycles. The summed E-state index contributed by atoms with van der Waals surface area (Å²) in [6.45, 7) is 7.05. The van der Waals surface area contributed by atoms with Gasteiger partial charge in [-0.05, 0) is 63.8 Å². The topological polar surface area (TPSA) is 362 Å². The van der Waals surface area contributed by atoms with Crippen LogP contribution in [-0.2, 0) is 72.1 Å². The van der Waals surface area contributed by atoms with E-state index in [2.05, 4.69) is 41.7 Å². The van der Waals surface area contributed by atoms with Crippen molar-refractivity contribution in [1.29, 1.82) is 0 Å². The third-order valence-electron chi connectivity index (χ3n) is 12.2. The fourth-order valence-corrected chi connectivity index (χ4v) is 8.55. The summed E-state index contributed by atoms with van der Waals surface area (Å²) in [7, 11) is 11.6. The van der Waals surface area contributed by atoms with Crippen LogP contribution in [0.2, 0.25) is 20.1 Å². The molecule has 0 spiro atoms. The average molecular weight is 1390 g/mol. The Bertz CT molecular complexity index is 3240. The maximum Gasteiger partial charge on any atom is 0.346 e. The number of carbonyl (C=O) groups is 12. The van der Waals surface area contributed by atoms with Gasteiger partial charge < -0.3 is 34.5 Å². The van der Waals surface area contributed by atoms with Gasteiger partial charge in [0.15, 0.2) is 11.5 Å². The number of likely N-dealkylation sites (N-methyl/N-ethyl adjacent to an activating group) is 2. The summed E-state index contributed by atoms with van der Waals surface area (Å²) in [5.74, 6) is -4.03. The van der Waals surface area contributed by atoms with Crippen LogP contribution in [0.4, 0.5) is 5.69 Å². The first-order valence-electron chi connectivity index (χ1n) is 27.0. The molecule has 0 radical (unpaired) electrons. The zero-order valence-electron chi connectivity index (χ0n) is 51.9. The van der Waals surface area contributed by atoms with E-state index in [4.69, 9.17) is 60.6 Å². The Labute approximate surface area is 555 Å². The minimum atomic E-state index is -0.650. The molecule has 5 aliphatic heterocycles. The minimum Gasteiger partial charge on any atom is -0.497 e. The number of aryl methyl sites for hydroxylation is 1. The van der Waals surface area contributed by atoms with Gasteiger partial charge in [-0.15, -0.1) is 15.2 Å². The Morgan fingerprint density at radius 3 is 1.23 bits per heavy atom. The number of nitro benzene ring substituents is 1. The van der Waals surface area contributed by atoms with E-state index in [0.29, 0.717) is 42.6 Å². The lowest BCUT2D eigenvalue weighted by Gasteiger charge is -2.12. The molecule has 2 unspecified atom stereocenters. The maximum absolute atomic E-state index is 11.4. The molecule has 30 nitrogen and oxygen atoms in total. The number of imide groups is 5. The number of hydroxylamine groups is 10. The van der Waals surface area contributed by atoms with Gasteiger partial charge in [0.25, 0.3) is 59.1 Å². The van der Waals surface area contributed by atoms with Crippen LogP contribution in [0.3, 0.4) is 0 Å². The number of carbonyl (C=O) groups excluding carboxylic acids is 12. The number of para-hydroxylation sites is 2. The highest BCUT2D eigenvalue weighted by atomic mass is 35.5. The van der Waals surface area contributed by atoms with Crippen LogP contribution < -0.4 is 24.8 Å². The van der Waals surface area contributed by atoms with Gasteiger partial charge in [0.05, 0.1) is 81.8 Å². The molecule has 9 rings (SSSR count). The molecule has 93 heavy (non-hydrogen) atoms. The fourth-order valence-electron chi connectivity index (χ4n) is 7.46.